The average Bonchev–Trinajstić information content (AvgIpc) is 3.21. The van der Waals surface area contributed by atoms with Crippen LogP contribution >= 0.6 is 0 Å². The van der Waals surface area contributed by atoms with Crippen molar-refractivity contribution >= 4 is 5.91 Å². The van der Waals surface area contributed by atoms with E-state index in [-0.39, 0.29) is 23.6 Å². The molecule has 4 nitrogen and oxygen atoms in total. The molecule has 1 unspecified atom stereocenters. The number of hydrogen-bond acceptors (Lipinski definition) is 2. The van der Waals surface area contributed by atoms with Crippen LogP contribution in [0.1, 0.15) is 41.5 Å². The summed E-state index contributed by atoms with van der Waals surface area (Å²) >= 11 is 0. The fraction of sp³-hybridized carbons (Fsp3) is 0.185. The van der Waals surface area contributed by atoms with Crippen molar-refractivity contribution in [3.05, 3.63) is 101 Å². The number of hydrogen-bond donors (Lipinski definition) is 1. The van der Waals surface area contributed by atoms with Gasteiger partial charge in [-0.3, -0.25) is 4.79 Å². The van der Waals surface area contributed by atoms with Crippen LogP contribution in [0.4, 0.5) is 8.78 Å². The van der Waals surface area contributed by atoms with E-state index in [4.69, 9.17) is 4.98 Å². The molecule has 4 aromatic rings. The molecule has 4 rings (SSSR count). The highest BCUT2D eigenvalue weighted by Crippen LogP contribution is 2.31. The number of carbonyl (C=O) groups is 1. The number of aryl methyl sites for hydroxylation is 1. The smallest absolute Gasteiger partial charge is 0.270 e. The Labute approximate surface area is 191 Å². The zero-order valence-electron chi connectivity index (χ0n) is 18.8. The molecule has 1 N–H and O–H groups in total. The second-order valence-electron chi connectivity index (χ2n) is 7.95. The maximum Gasteiger partial charge on any atom is 0.270 e. The van der Waals surface area contributed by atoms with E-state index in [2.05, 4.69) is 5.32 Å². The van der Waals surface area contributed by atoms with Crippen molar-refractivity contribution in [1.29, 1.82) is 0 Å². The van der Waals surface area contributed by atoms with Gasteiger partial charge in [0.05, 0.1) is 6.04 Å². The van der Waals surface area contributed by atoms with E-state index in [1.54, 1.807) is 31.2 Å². The second kappa shape index (κ2) is 9.36. The maximum absolute atomic E-state index is 14.4. The standard InChI is InChI=1S/C27H25F2N3O/c1-4-32-25(27(33)30-18(3)19-12-14-22(28)15-13-19)24(21-11-10-17(2)23(29)16-21)31-26(32)20-8-6-5-7-9-20/h5-16,18H,4H2,1-3H3,(H,30,33). The Morgan fingerprint density at radius 3 is 2.33 bits per heavy atom. The Bertz CT molecular complexity index is 1280. The van der Waals surface area contributed by atoms with Crippen molar-refractivity contribution in [2.45, 2.75) is 33.4 Å². The predicted molar refractivity (Wildman–Crippen MR) is 126 cm³/mol. The molecule has 0 saturated carbocycles. The number of aromatic nitrogens is 2. The van der Waals surface area contributed by atoms with Gasteiger partial charge in [0, 0.05) is 17.7 Å². The highest BCUT2D eigenvalue weighted by atomic mass is 19.1. The molecule has 0 aliphatic rings. The van der Waals surface area contributed by atoms with Gasteiger partial charge in [-0.25, -0.2) is 13.8 Å². The summed E-state index contributed by atoms with van der Waals surface area (Å²) < 4.78 is 29.6. The van der Waals surface area contributed by atoms with Gasteiger partial charge in [0.2, 0.25) is 0 Å². The lowest BCUT2D eigenvalue weighted by Gasteiger charge is -2.16. The highest BCUT2D eigenvalue weighted by Gasteiger charge is 2.25. The van der Waals surface area contributed by atoms with E-state index in [0.717, 1.165) is 11.1 Å². The Kier molecular flexibility index (Phi) is 6.36. The van der Waals surface area contributed by atoms with Crippen molar-refractivity contribution in [2.24, 2.45) is 0 Å². The molecule has 0 fully saturated rings. The van der Waals surface area contributed by atoms with E-state index >= 15 is 0 Å². The minimum Gasteiger partial charge on any atom is -0.344 e. The summed E-state index contributed by atoms with van der Waals surface area (Å²) in [6.45, 7) is 5.96. The van der Waals surface area contributed by atoms with E-state index in [9.17, 15) is 13.6 Å². The average molecular weight is 446 g/mol. The minimum atomic E-state index is -0.360. The third-order valence-electron chi connectivity index (χ3n) is 5.69. The third-order valence-corrected chi connectivity index (χ3v) is 5.69. The molecular weight excluding hydrogens is 420 g/mol. The molecule has 0 spiro atoms. The molecule has 6 heteroatoms. The number of halogens is 2. The largest absolute Gasteiger partial charge is 0.344 e. The summed E-state index contributed by atoms with van der Waals surface area (Å²) in [6, 6.07) is 20.1. The van der Waals surface area contributed by atoms with Crippen LogP contribution in [0.25, 0.3) is 22.6 Å². The Balaban J connectivity index is 1.82. The molecule has 0 radical (unpaired) electrons. The molecule has 3 aromatic carbocycles. The van der Waals surface area contributed by atoms with Crippen molar-refractivity contribution < 1.29 is 13.6 Å². The van der Waals surface area contributed by atoms with Gasteiger partial charge < -0.3 is 9.88 Å². The monoisotopic (exact) mass is 445 g/mol. The molecule has 1 atom stereocenters. The molecule has 1 amide bonds. The van der Waals surface area contributed by atoms with E-state index in [1.807, 2.05) is 48.7 Å². The Morgan fingerprint density at radius 1 is 1.00 bits per heavy atom. The summed E-state index contributed by atoms with van der Waals surface area (Å²) in [5.41, 5.74) is 3.46. The van der Waals surface area contributed by atoms with Crippen molar-refractivity contribution in [3.63, 3.8) is 0 Å². The van der Waals surface area contributed by atoms with E-state index in [0.29, 0.717) is 34.9 Å². The lowest BCUT2D eigenvalue weighted by molar-refractivity contribution is 0.0931. The van der Waals surface area contributed by atoms with Gasteiger partial charge in [0.15, 0.2) is 0 Å². The SMILES string of the molecule is CCn1c(-c2ccccc2)nc(-c2ccc(C)c(F)c2)c1C(=O)NC(C)c1ccc(F)cc1. The summed E-state index contributed by atoms with van der Waals surface area (Å²) in [5, 5.41) is 2.99. The molecule has 0 aliphatic heterocycles. The molecule has 168 valence electrons. The molecule has 0 bridgehead atoms. The first-order chi connectivity index (χ1) is 15.9. The lowest BCUT2D eigenvalue weighted by Crippen LogP contribution is -2.29. The highest BCUT2D eigenvalue weighted by molar-refractivity contribution is 5.99. The Morgan fingerprint density at radius 2 is 1.70 bits per heavy atom. The van der Waals surface area contributed by atoms with Gasteiger partial charge in [-0.1, -0.05) is 54.6 Å². The number of amides is 1. The maximum atomic E-state index is 14.4. The fourth-order valence-corrected chi connectivity index (χ4v) is 3.84. The summed E-state index contributed by atoms with van der Waals surface area (Å²) in [6.07, 6.45) is 0. The number of benzene rings is 3. The molecule has 1 heterocycles. The second-order valence-corrected chi connectivity index (χ2v) is 7.95. The predicted octanol–water partition coefficient (Wildman–Crippen LogP) is 6.31. The van der Waals surface area contributed by atoms with Gasteiger partial charge in [-0.15, -0.1) is 0 Å². The van der Waals surface area contributed by atoms with Crippen LogP contribution < -0.4 is 5.32 Å². The van der Waals surface area contributed by atoms with Crippen LogP contribution in [0, 0.1) is 18.6 Å². The van der Waals surface area contributed by atoms with Crippen LogP contribution in [0.5, 0.6) is 0 Å². The summed E-state index contributed by atoms with van der Waals surface area (Å²) in [5.74, 6) is -0.392. The number of nitrogens with zero attached hydrogens (tertiary/aromatic N) is 2. The van der Waals surface area contributed by atoms with Crippen molar-refractivity contribution in [1.82, 2.24) is 14.9 Å². The van der Waals surface area contributed by atoms with Crippen LogP contribution in [-0.2, 0) is 6.54 Å². The molecule has 1 aromatic heterocycles. The zero-order valence-corrected chi connectivity index (χ0v) is 18.8. The van der Waals surface area contributed by atoms with Gasteiger partial charge in [0.1, 0.15) is 28.8 Å². The van der Waals surface area contributed by atoms with Crippen molar-refractivity contribution in [3.8, 4) is 22.6 Å². The van der Waals surface area contributed by atoms with Crippen LogP contribution in [-0.4, -0.2) is 15.5 Å². The first-order valence-corrected chi connectivity index (χ1v) is 10.9. The van der Waals surface area contributed by atoms with E-state index < -0.39 is 0 Å². The molecule has 0 saturated heterocycles. The molecule has 0 aliphatic carbocycles. The number of rotatable bonds is 6. The van der Waals surface area contributed by atoms with Crippen molar-refractivity contribution in [2.75, 3.05) is 0 Å². The Hall–Kier alpha value is -3.80. The summed E-state index contributed by atoms with van der Waals surface area (Å²) in [4.78, 5) is 18.3. The summed E-state index contributed by atoms with van der Waals surface area (Å²) in [7, 11) is 0. The van der Waals surface area contributed by atoms with Gasteiger partial charge in [-0.2, -0.15) is 0 Å². The lowest BCUT2D eigenvalue weighted by atomic mass is 10.1. The number of imidazole rings is 1. The first-order valence-electron chi connectivity index (χ1n) is 10.9. The number of carbonyl (C=O) groups excluding carboxylic acids is 1. The van der Waals surface area contributed by atoms with Gasteiger partial charge in [-0.05, 0) is 50.1 Å². The van der Waals surface area contributed by atoms with Crippen LogP contribution in [0.3, 0.4) is 0 Å². The zero-order chi connectivity index (χ0) is 23.5. The van der Waals surface area contributed by atoms with E-state index in [1.165, 1.54) is 18.2 Å². The minimum absolute atomic E-state index is 0.334. The quantitative estimate of drug-likeness (QED) is 0.378. The molecular formula is C27H25F2N3O. The van der Waals surface area contributed by atoms with Crippen LogP contribution in [0.15, 0.2) is 72.8 Å². The fourth-order valence-electron chi connectivity index (χ4n) is 3.84. The third kappa shape index (κ3) is 4.55. The topological polar surface area (TPSA) is 46.9 Å². The normalized spacial score (nSPS) is 11.9. The first kappa shape index (κ1) is 22.4. The van der Waals surface area contributed by atoms with Gasteiger partial charge >= 0.3 is 0 Å². The van der Waals surface area contributed by atoms with Gasteiger partial charge in [0.25, 0.3) is 5.91 Å². The molecule has 33 heavy (non-hydrogen) atoms. The number of nitrogens with one attached hydrogen (secondary N) is 1. The van der Waals surface area contributed by atoms with Crippen LogP contribution in [0.2, 0.25) is 0 Å².